The number of nitrogens with zero attached hydrogens (tertiary/aromatic N) is 1. The molecule has 21 heavy (non-hydrogen) atoms. The average Bonchev–Trinajstić information content (AvgIpc) is 3.02. The second kappa shape index (κ2) is 6.52. The van der Waals surface area contributed by atoms with Crippen molar-refractivity contribution >= 4 is 27.3 Å². The molecule has 1 aliphatic heterocycles. The first kappa shape index (κ1) is 14.5. The molecule has 1 N–H and O–H groups in total. The fraction of sp³-hybridized carbons (Fsp3) is 0.333. The van der Waals surface area contributed by atoms with E-state index in [0.29, 0.717) is 0 Å². The molecule has 3 heteroatoms. The SMILES string of the molecule is Cc1cc(N2CCCC2)ccc1NCc1ccc(Br)cc1. The summed E-state index contributed by atoms with van der Waals surface area (Å²) in [4.78, 5) is 2.48. The molecule has 0 amide bonds. The highest BCUT2D eigenvalue weighted by Crippen LogP contribution is 2.25. The van der Waals surface area contributed by atoms with Crippen LogP contribution < -0.4 is 10.2 Å². The smallest absolute Gasteiger partial charge is 0.0400 e. The maximum Gasteiger partial charge on any atom is 0.0400 e. The molecule has 0 bridgehead atoms. The Hall–Kier alpha value is -1.48. The molecule has 1 saturated heterocycles. The summed E-state index contributed by atoms with van der Waals surface area (Å²) in [6, 6.07) is 15.2. The van der Waals surface area contributed by atoms with Crippen molar-refractivity contribution < 1.29 is 0 Å². The van der Waals surface area contributed by atoms with E-state index in [-0.39, 0.29) is 0 Å². The minimum Gasteiger partial charge on any atom is -0.381 e. The van der Waals surface area contributed by atoms with Gasteiger partial charge in [0.2, 0.25) is 0 Å². The van der Waals surface area contributed by atoms with Crippen LogP contribution in [0.1, 0.15) is 24.0 Å². The van der Waals surface area contributed by atoms with Gasteiger partial charge in [0.25, 0.3) is 0 Å². The lowest BCUT2D eigenvalue weighted by Crippen LogP contribution is -2.17. The number of rotatable bonds is 4. The molecule has 0 unspecified atom stereocenters. The standard InChI is InChI=1S/C18H21BrN2/c1-14-12-17(21-10-2-3-11-21)8-9-18(14)20-13-15-4-6-16(19)7-5-15/h4-9,12,20H,2-3,10-11,13H2,1H3. The number of hydrogen-bond donors (Lipinski definition) is 1. The van der Waals surface area contributed by atoms with Gasteiger partial charge in [-0.1, -0.05) is 28.1 Å². The summed E-state index contributed by atoms with van der Waals surface area (Å²) >= 11 is 3.47. The van der Waals surface area contributed by atoms with Crippen LogP contribution in [0.3, 0.4) is 0 Å². The highest BCUT2D eigenvalue weighted by Gasteiger charge is 2.12. The number of hydrogen-bond acceptors (Lipinski definition) is 2. The van der Waals surface area contributed by atoms with Gasteiger partial charge in [-0.2, -0.15) is 0 Å². The van der Waals surface area contributed by atoms with E-state index < -0.39 is 0 Å². The number of nitrogens with one attached hydrogen (secondary N) is 1. The fourth-order valence-electron chi connectivity index (χ4n) is 2.82. The van der Waals surface area contributed by atoms with E-state index in [1.807, 2.05) is 0 Å². The first-order chi connectivity index (χ1) is 10.2. The normalized spacial score (nSPS) is 14.5. The van der Waals surface area contributed by atoms with E-state index in [0.717, 1.165) is 11.0 Å². The summed E-state index contributed by atoms with van der Waals surface area (Å²) in [5, 5.41) is 3.53. The molecular weight excluding hydrogens is 324 g/mol. The number of anilines is 2. The van der Waals surface area contributed by atoms with Crippen LogP contribution in [-0.2, 0) is 6.54 Å². The lowest BCUT2D eigenvalue weighted by atomic mass is 10.1. The van der Waals surface area contributed by atoms with Crippen molar-refractivity contribution in [2.75, 3.05) is 23.3 Å². The minimum absolute atomic E-state index is 0.858. The van der Waals surface area contributed by atoms with Crippen LogP contribution in [0.4, 0.5) is 11.4 Å². The van der Waals surface area contributed by atoms with Crippen molar-refractivity contribution in [3.8, 4) is 0 Å². The largest absolute Gasteiger partial charge is 0.381 e. The second-order valence-electron chi connectivity index (χ2n) is 5.67. The van der Waals surface area contributed by atoms with Gasteiger partial charge in [-0.3, -0.25) is 0 Å². The van der Waals surface area contributed by atoms with Gasteiger partial charge < -0.3 is 10.2 Å². The van der Waals surface area contributed by atoms with Gasteiger partial charge in [0.15, 0.2) is 0 Å². The Labute approximate surface area is 135 Å². The highest BCUT2D eigenvalue weighted by atomic mass is 79.9. The van der Waals surface area contributed by atoms with E-state index in [1.54, 1.807) is 0 Å². The molecule has 0 spiro atoms. The Morgan fingerprint density at radius 3 is 2.43 bits per heavy atom. The van der Waals surface area contributed by atoms with Crippen LogP contribution in [-0.4, -0.2) is 13.1 Å². The van der Waals surface area contributed by atoms with E-state index in [4.69, 9.17) is 0 Å². The molecular formula is C18H21BrN2. The van der Waals surface area contributed by atoms with Gasteiger partial charge in [-0.05, 0) is 61.2 Å². The van der Waals surface area contributed by atoms with E-state index in [1.165, 1.54) is 48.4 Å². The summed E-state index contributed by atoms with van der Waals surface area (Å²) in [7, 11) is 0. The van der Waals surface area contributed by atoms with Crippen molar-refractivity contribution in [1.82, 2.24) is 0 Å². The first-order valence-corrected chi connectivity index (χ1v) is 8.35. The highest BCUT2D eigenvalue weighted by molar-refractivity contribution is 9.10. The van der Waals surface area contributed by atoms with Crippen LogP contribution in [0, 0.1) is 6.92 Å². The van der Waals surface area contributed by atoms with E-state index >= 15 is 0 Å². The molecule has 1 fully saturated rings. The Kier molecular flexibility index (Phi) is 4.49. The Balaban J connectivity index is 1.66. The van der Waals surface area contributed by atoms with Gasteiger partial charge in [0, 0.05) is 35.5 Å². The topological polar surface area (TPSA) is 15.3 Å². The van der Waals surface area contributed by atoms with E-state index in [9.17, 15) is 0 Å². The molecule has 2 aromatic carbocycles. The van der Waals surface area contributed by atoms with Crippen LogP contribution in [0.15, 0.2) is 46.9 Å². The van der Waals surface area contributed by atoms with Gasteiger partial charge in [0.05, 0.1) is 0 Å². The van der Waals surface area contributed by atoms with Crippen molar-refractivity contribution in [1.29, 1.82) is 0 Å². The van der Waals surface area contributed by atoms with Crippen molar-refractivity contribution in [2.24, 2.45) is 0 Å². The molecule has 1 heterocycles. The number of aryl methyl sites for hydroxylation is 1. The van der Waals surface area contributed by atoms with Crippen molar-refractivity contribution in [3.05, 3.63) is 58.1 Å². The minimum atomic E-state index is 0.858. The lowest BCUT2D eigenvalue weighted by Gasteiger charge is -2.19. The summed E-state index contributed by atoms with van der Waals surface area (Å²) in [5.41, 5.74) is 5.19. The molecule has 2 nitrogen and oxygen atoms in total. The Morgan fingerprint density at radius 1 is 1.05 bits per heavy atom. The monoisotopic (exact) mass is 344 g/mol. The third-order valence-corrected chi connectivity index (χ3v) is 4.61. The van der Waals surface area contributed by atoms with E-state index in [2.05, 4.69) is 75.5 Å². The molecule has 3 rings (SSSR count). The third kappa shape index (κ3) is 3.59. The summed E-state index contributed by atoms with van der Waals surface area (Å²) in [6.07, 6.45) is 2.64. The fourth-order valence-corrected chi connectivity index (χ4v) is 3.08. The molecule has 110 valence electrons. The van der Waals surface area contributed by atoms with Gasteiger partial charge >= 0.3 is 0 Å². The lowest BCUT2D eigenvalue weighted by molar-refractivity contribution is 0.949. The summed E-state index contributed by atoms with van der Waals surface area (Å²) < 4.78 is 1.12. The number of halogens is 1. The van der Waals surface area contributed by atoms with Crippen molar-refractivity contribution in [2.45, 2.75) is 26.3 Å². The molecule has 2 aromatic rings. The molecule has 1 aliphatic rings. The predicted octanol–water partition coefficient (Wildman–Crippen LogP) is 4.97. The van der Waals surface area contributed by atoms with Crippen LogP contribution >= 0.6 is 15.9 Å². The predicted molar refractivity (Wildman–Crippen MR) is 94.1 cm³/mol. The molecule has 0 radical (unpaired) electrons. The maximum absolute atomic E-state index is 3.53. The van der Waals surface area contributed by atoms with Crippen LogP contribution in [0.5, 0.6) is 0 Å². The zero-order valence-electron chi connectivity index (χ0n) is 12.4. The summed E-state index contributed by atoms with van der Waals surface area (Å²) in [6.45, 7) is 5.44. The van der Waals surface area contributed by atoms with Gasteiger partial charge in [0.1, 0.15) is 0 Å². The van der Waals surface area contributed by atoms with Crippen LogP contribution in [0.2, 0.25) is 0 Å². The Morgan fingerprint density at radius 2 is 1.76 bits per heavy atom. The molecule has 0 atom stereocenters. The molecule has 0 aliphatic carbocycles. The third-order valence-electron chi connectivity index (χ3n) is 4.08. The Bertz CT molecular complexity index is 601. The quantitative estimate of drug-likeness (QED) is 0.842. The first-order valence-electron chi connectivity index (χ1n) is 7.56. The zero-order chi connectivity index (χ0) is 14.7. The molecule has 0 aromatic heterocycles. The average molecular weight is 345 g/mol. The summed E-state index contributed by atoms with van der Waals surface area (Å²) in [5.74, 6) is 0. The van der Waals surface area contributed by atoms with Crippen LogP contribution in [0.25, 0.3) is 0 Å². The van der Waals surface area contributed by atoms with Crippen molar-refractivity contribution in [3.63, 3.8) is 0 Å². The zero-order valence-corrected chi connectivity index (χ0v) is 14.0. The second-order valence-corrected chi connectivity index (χ2v) is 6.59. The number of benzene rings is 2. The maximum atomic E-state index is 3.53. The molecule has 0 saturated carbocycles. The van der Waals surface area contributed by atoms with Gasteiger partial charge in [-0.25, -0.2) is 0 Å². The van der Waals surface area contributed by atoms with Gasteiger partial charge in [-0.15, -0.1) is 0 Å².